The van der Waals surface area contributed by atoms with Gasteiger partial charge in [-0.1, -0.05) is 6.07 Å². The summed E-state index contributed by atoms with van der Waals surface area (Å²) in [5.74, 6) is 0.537. The van der Waals surface area contributed by atoms with Crippen LogP contribution in [0.3, 0.4) is 0 Å². The number of halogens is 1. The van der Waals surface area contributed by atoms with Crippen LogP contribution in [-0.2, 0) is 0 Å². The van der Waals surface area contributed by atoms with E-state index in [-0.39, 0.29) is 5.91 Å². The first-order chi connectivity index (χ1) is 11.0. The van der Waals surface area contributed by atoms with Crippen molar-refractivity contribution < 1.29 is 4.79 Å². The maximum atomic E-state index is 12.1. The summed E-state index contributed by atoms with van der Waals surface area (Å²) in [7, 11) is 3.94. The number of carbonyl (C=O) groups excluding carboxylic acids is 1. The Morgan fingerprint density at radius 3 is 2.74 bits per heavy atom. The van der Waals surface area contributed by atoms with E-state index in [1.807, 2.05) is 44.1 Å². The second-order valence-corrected chi connectivity index (χ2v) is 6.45. The van der Waals surface area contributed by atoms with E-state index in [1.165, 1.54) is 5.56 Å². The number of rotatable bonds is 6. The molecule has 5 nitrogen and oxygen atoms in total. The molecule has 1 aromatic carbocycles. The first kappa shape index (κ1) is 17.4. The topological polar surface area (TPSA) is 57.3 Å². The zero-order valence-corrected chi connectivity index (χ0v) is 15.1. The van der Waals surface area contributed by atoms with E-state index in [4.69, 9.17) is 0 Å². The molecular weight excluding hydrogens is 356 g/mol. The molecule has 0 saturated carbocycles. The van der Waals surface area contributed by atoms with Crippen molar-refractivity contribution in [3.8, 4) is 0 Å². The molecule has 2 N–H and O–H groups in total. The summed E-state index contributed by atoms with van der Waals surface area (Å²) in [4.78, 5) is 18.4. The molecule has 0 aliphatic heterocycles. The van der Waals surface area contributed by atoms with E-state index in [2.05, 4.69) is 31.5 Å². The van der Waals surface area contributed by atoms with Crippen LogP contribution in [0.1, 0.15) is 15.9 Å². The van der Waals surface area contributed by atoms with E-state index in [0.717, 1.165) is 16.7 Å². The number of benzene rings is 1. The highest BCUT2D eigenvalue weighted by Crippen LogP contribution is 2.26. The average Bonchev–Trinajstić information content (AvgIpc) is 2.50. The Hall–Kier alpha value is -1.92. The second-order valence-electron chi connectivity index (χ2n) is 5.60. The van der Waals surface area contributed by atoms with Gasteiger partial charge in [-0.05, 0) is 66.8 Å². The Morgan fingerprint density at radius 1 is 1.26 bits per heavy atom. The quantitative estimate of drug-likeness (QED) is 0.812. The van der Waals surface area contributed by atoms with Crippen molar-refractivity contribution in [2.45, 2.75) is 6.92 Å². The molecule has 2 rings (SSSR count). The molecule has 0 aliphatic carbocycles. The summed E-state index contributed by atoms with van der Waals surface area (Å²) in [6.07, 6.45) is 1.63. The SMILES string of the molecule is Cc1ccc(Nc2cc(C(=O)NCCN(C)C)ccn2)c(Br)c1. The van der Waals surface area contributed by atoms with Crippen LogP contribution in [0.15, 0.2) is 41.0 Å². The minimum absolute atomic E-state index is 0.0970. The predicted molar refractivity (Wildman–Crippen MR) is 97.3 cm³/mol. The molecule has 1 aromatic heterocycles. The van der Waals surface area contributed by atoms with Crippen LogP contribution in [0.25, 0.3) is 0 Å². The zero-order chi connectivity index (χ0) is 16.8. The van der Waals surface area contributed by atoms with Gasteiger partial charge in [-0.15, -0.1) is 0 Å². The molecule has 23 heavy (non-hydrogen) atoms. The minimum atomic E-state index is -0.0970. The third-order valence-corrected chi connectivity index (χ3v) is 3.91. The van der Waals surface area contributed by atoms with Gasteiger partial charge >= 0.3 is 0 Å². The normalized spacial score (nSPS) is 10.7. The first-order valence-corrected chi connectivity index (χ1v) is 8.17. The maximum Gasteiger partial charge on any atom is 0.251 e. The van der Waals surface area contributed by atoms with Crippen LogP contribution < -0.4 is 10.6 Å². The molecule has 2 aromatic rings. The number of hydrogen-bond acceptors (Lipinski definition) is 4. The molecule has 1 amide bonds. The van der Waals surface area contributed by atoms with Gasteiger partial charge in [0.15, 0.2) is 0 Å². The van der Waals surface area contributed by atoms with Crippen LogP contribution >= 0.6 is 15.9 Å². The lowest BCUT2D eigenvalue weighted by atomic mass is 10.2. The van der Waals surface area contributed by atoms with E-state index < -0.39 is 0 Å². The Bertz CT molecular complexity index is 688. The molecule has 0 fully saturated rings. The van der Waals surface area contributed by atoms with Crippen molar-refractivity contribution in [3.63, 3.8) is 0 Å². The van der Waals surface area contributed by atoms with Crippen LogP contribution in [0.2, 0.25) is 0 Å². The number of likely N-dealkylation sites (N-methyl/N-ethyl adjacent to an activating group) is 1. The lowest BCUT2D eigenvalue weighted by molar-refractivity contribution is 0.0951. The Morgan fingerprint density at radius 2 is 2.04 bits per heavy atom. The highest BCUT2D eigenvalue weighted by molar-refractivity contribution is 9.10. The van der Waals surface area contributed by atoms with Gasteiger partial charge < -0.3 is 15.5 Å². The van der Waals surface area contributed by atoms with E-state index >= 15 is 0 Å². The van der Waals surface area contributed by atoms with Gasteiger partial charge in [0.1, 0.15) is 5.82 Å². The number of hydrogen-bond donors (Lipinski definition) is 2. The molecule has 0 aliphatic rings. The van der Waals surface area contributed by atoms with Gasteiger partial charge in [0.2, 0.25) is 0 Å². The van der Waals surface area contributed by atoms with Crippen molar-refractivity contribution in [1.29, 1.82) is 0 Å². The van der Waals surface area contributed by atoms with Gasteiger partial charge in [0.05, 0.1) is 5.69 Å². The van der Waals surface area contributed by atoms with Gasteiger partial charge in [-0.3, -0.25) is 4.79 Å². The molecule has 0 saturated heterocycles. The number of nitrogens with one attached hydrogen (secondary N) is 2. The fourth-order valence-corrected chi connectivity index (χ4v) is 2.59. The predicted octanol–water partition coefficient (Wildman–Crippen LogP) is 3.19. The molecule has 0 radical (unpaired) electrons. The van der Waals surface area contributed by atoms with Crippen molar-refractivity contribution in [3.05, 3.63) is 52.1 Å². The number of nitrogens with zero attached hydrogens (tertiary/aromatic N) is 2. The third-order valence-electron chi connectivity index (χ3n) is 3.25. The van der Waals surface area contributed by atoms with Crippen molar-refractivity contribution >= 4 is 33.3 Å². The van der Waals surface area contributed by atoms with Gasteiger partial charge in [0, 0.05) is 29.3 Å². The number of pyridine rings is 1. The third kappa shape index (κ3) is 5.33. The molecule has 1 heterocycles. The average molecular weight is 377 g/mol. The number of anilines is 2. The van der Waals surface area contributed by atoms with Crippen LogP contribution in [-0.4, -0.2) is 43.0 Å². The van der Waals surface area contributed by atoms with E-state index in [1.54, 1.807) is 18.3 Å². The summed E-state index contributed by atoms with van der Waals surface area (Å²) in [6.45, 7) is 3.45. The Kier molecular flexibility index (Phi) is 6.12. The summed E-state index contributed by atoms with van der Waals surface area (Å²) in [5.41, 5.74) is 2.67. The fourth-order valence-electron chi connectivity index (χ4n) is 1.99. The molecular formula is C17H21BrN4O. The Labute approximate surface area is 145 Å². The van der Waals surface area contributed by atoms with E-state index in [0.29, 0.717) is 17.9 Å². The molecule has 6 heteroatoms. The summed E-state index contributed by atoms with van der Waals surface area (Å²) >= 11 is 3.53. The van der Waals surface area contributed by atoms with Gasteiger partial charge in [-0.2, -0.15) is 0 Å². The molecule has 0 unspecified atom stereocenters. The molecule has 122 valence electrons. The monoisotopic (exact) mass is 376 g/mol. The highest BCUT2D eigenvalue weighted by atomic mass is 79.9. The lowest BCUT2D eigenvalue weighted by Crippen LogP contribution is -2.31. The second kappa shape index (κ2) is 8.08. The van der Waals surface area contributed by atoms with Crippen LogP contribution in [0.4, 0.5) is 11.5 Å². The maximum absolute atomic E-state index is 12.1. The number of aromatic nitrogens is 1. The standard InChI is InChI=1S/C17H21BrN4O/c1-12-4-5-15(14(18)10-12)21-16-11-13(6-7-19-16)17(23)20-8-9-22(2)3/h4-7,10-11H,8-9H2,1-3H3,(H,19,21)(H,20,23). The van der Waals surface area contributed by atoms with Crippen molar-refractivity contribution in [2.24, 2.45) is 0 Å². The van der Waals surface area contributed by atoms with Crippen molar-refractivity contribution in [2.75, 3.05) is 32.5 Å². The first-order valence-electron chi connectivity index (χ1n) is 7.38. The molecule has 0 spiro atoms. The largest absolute Gasteiger partial charge is 0.351 e. The van der Waals surface area contributed by atoms with E-state index in [9.17, 15) is 4.79 Å². The Balaban J connectivity index is 2.06. The summed E-state index contributed by atoms with van der Waals surface area (Å²) < 4.78 is 0.958. The highest BCUT2D eigenvalue weighted by Gasteiger charge is 2.08. The molecule has 0 bridgehead atoms. The zero-order valence-electron chi connectivity index (χ0n) is 13.6. The smallest absolute Gasteiger partial charge is 0.251 e. The summed E-state index contributed by atoms with van der Waals surface area (Å²) in [6, 6.07) is 9.48. The number of aryl methyl sites for hydroxylation is 1. The minimum Gasteiger partial charge on any atom is -0.351 e. The number of amides is 1. The van der Waals surface area contributed by atoms with Gasteiger partial charge in [0.25, 0.3) is 5.91 Å². The van der Waals surface area contributed by atoms with Crippen molar-refractivity contribution in [1.82, 2.24) is 15.2 Å². The summed E-state index contributed by atoms with van der Waals surface area (Å²) in [5, 5.41) is 6.12. The molecule has 0 atom stereocenters. The number of carbonyl (C=O) groups is 1. The lowest BCUT2D eigenvalue weighted by Gasteiger charge is -2.12. The van der Waals surface area contributed by atoms with Crippen LogP contribution in [0, 0.1) is 6.92 Å². The van der Waals surface area contributed by atoms with Crippen LogP contribution in [0.5, 0.6) is 0 Å². The fraction of sp³-hybridized carbons (Fsp3) is 0.294. The van der Waals surface area contributed by atoms with Gasteiger partial charge in [-0.25, -0.2) is 4.98 Å².